The number of benzene rings is 2. The van der Waals surface area contributed by atoms with E-state index >= 15 is 0 Å². The van der Waals surface area contributed by atoms with Gasteiger partial charge in [0.25, 0.3) is 10.0 Å². The van der Waals surface area contributed by atoms with Crippen LogP contribution in [0.2, 0.25) is 0 Å². The molecule has 0 heterocycles. The van der Waals surface area contributed by atoms with Crippen molar-refractivity contribution in [2.75, 3.05) is 29.8 Å². The highest BCUT2D eigenvalue weighted by molar-refractivity contribution is 7.92. The van der Waals surface area contributed by atoms with Gasteiger partial charge in [-0.3, -0.25) is 4.72 Å². The highest BCUT2D eigenvalue weighted by Crippen LogP contribution is 2.24. The molecule has 24 heavy (non-hydrogen) atoms. The molecule has 0 bridgehead atoms. The van der Waals surface area contributed by atoms with Crippen molar-refractivity contribution in [3.63, 3.8) is 0 Å². The maximum atomic E-state index is 12.5. The Bertz CT molecular complexity index is 782. The predicted octanol–water partition coefficient (Wildman–Crippen LogP) is 3.65. The zero-order valence-corrected chi connectivity index (χ0v) is 15.4. The van der Waals surface area contributed by atoms with Crippen molar-refractivity contribution >= 4 is 21.4 Å². The van der Waals surface area contributed by atoms with Crippen LogP contribution >= 0.6 is 0 Å². The molecule has 0 radical (unpaired) electrons. The molecule has 2 rings (SSSR count). The average molecular weight is 348 g/mol. The van der Waals surface area contributed by atoms with E-state index in [1.54, 1.807) is 37.4 Å². The fraction of sp³-hybridized carbons (Fsp3) is 0.333. The lowest BCUT2D eigenvalue weighted by atomic mass is 10.2. The summed E-state index contributed by atoms with van der Waals surface area (Å²) < 4.78 is 32.8. The fourth-order valence-electron chi connectivity index (χ4n) is 2.56. The Morgan fingerprint density at radius 1 is 1.04 bits per heavy atom. The highest BCUT2D eigenvalue weighted by atomic mass is 32.2. The van der Waals surface area contributed by atoms with Gasteiger partial charge in [-0.05, 0) is 68.8 Å². The van der Waals surface area contributed by atoms with Gasteiger partial charge in [0.15, 0.2) is 0 Å². The Morgan fingerprint density at radius 2 is 1.67 bits per heavy atom. The van der Waals surface area contributed by atoms with Crippen LogP contribution in [0.4, 0.5) is 11.4 Å². The molecule has 0 aliphatic heterocycles. The molecule has 2 aromatic rings. The highest BCUT2D eigenvalue weighted by Gasteiger charge is 2.15. The molecule has 130 valence electrons. The lowest BCUT2D eigenvalue weighted by Crippen LogP contribution is -2.21. The molecule has 6 heteroatoms. The minimum Gasteiger partial charge on any atom is -0.496 e. The Labute approximate surface area is 144 Å². The van der Waals surface area contributed by atoms with Crippen molar-refractivity contribution in [2.45, 2.75) is 25.7 Å². The number of methoxy groups -OCH3 is 1. The molecule has 0 aromatic heterocycles. The lowest BCUT2D eigenvalue weighted by Gasteiger charge is -2.21. The van der Waals surface area contributed by atoms with Crippen LogP contribution in [0.1, 0.15) is 19.4 Å². The topological polar surface area (TPSA) is 58.6 Å². The zero-order chi connectivity index (χ0) is 17.7. The van der Waals surface area contributed by atoms with Gasteiger partial charge in [-0.25, -0.2) is 8.42 Å². The number of hydrogen-bond acceptors (Lipinski definition) is 4. The number of ether oxygens (including phenoxy) is 1. The van der Waals surface area contributed by atoms with Crippen LogP contribution in [0.3, 0.4) is 0 Å². The summed E-state index contributed by atoms with van der Waals surface area (Å²) in [4.78, 5) is 2.42. The molecule has 0 fully saturated rings. The first-order valence-corrected chi connectivity index (χ1v) is 9.42. The van der Waals surface area contributed by atoms with Crippen LogP contribution in [0.25, 0.3) is 0 Å². The number of hydrogen-bond donors (Lipinski definition) is 1. The molecule has 0 amide bonds. The number of nitrogens with zero attached hydrogens (tertiary/aromatic N) is 1. The van der Waals surface area contributed by atoms with E-state index in [4.69, 9.17) is 4.74 Å². The minimum atomic E-state index is -3.62. The van der Waals surface area contributed by atoms with Gasteiger partial charge in [0.2, 0.25) is 0 Å². The van der Waals surface area contributed by atoms with Gasteiger partial charge in [-0.2, -0.15) is 0 Å². The second kappa shape index (κ2) is 7.57. The third kappa shape index (κ3) is 4.00. The lowest BCUT2D eigenvalue weighted by molar-refractivity contribution is 0.411. The van der Waals surface area contributed by atoms with Crippen molar-refractivity contribution in [2.24, 2.45) is 0 Å². The molecule has 0 aliphatic rings. The standard InChI is InChI=1S/C18H24N2O3S/c1-5-20(6-2)16-9-7-15(8-10-16)19-24(21,22)17-11-12-18(23-4)14(3)13-17/h7-13,19H,5-6H2,1-4H3. The van der Waals surface area contributed by atoms with Gasteiger partial charge in [-0.15, -0.1) is 0 Å². The van der Waals surface area contributed by atoms with E-state index in [0.717, 1.165) is 24.3 Å². The van der Waals surface area contributed by atoms with E-state index in [-0.39, 0.29) is 4.90 Å². The monoisotopic (exact) mass is 348 g/mol. The van der Waals surface area contributed by atoms with E-state index in [1.165, 1.54) is 0 Å². The number of rotatable bonds is 7. The molecule has 0 spiro atoms. The number of anilines is 2. The summed E-state index contributed by atoms with van der Waals surface area (Å²) in [5, 5.41) is 0. The van der Waals surface area contributed by atoms with Crippen LogP contribution in [0.15, 0.2) is 47.4 Å². The third-order valence-corrected chi connectivity index (χ3v) is 5.30. The van der Waals surface area contributed by atoms with Crippen molar-refractivity contribution < 1.29 is 13.2 Å². The van der Waals surface area contributed by atoms with Crippen LogP contribution in [-0.2, 0) is 10.0 Å². The van der Waals surface area contributed by atoms with Crippen molar-refractivity contribution in [3.05, 3.63) is 48.0 Å². The van der Waals surface area contributed by atoms with Gasteiger partial charge >= 0.3 is 0 Å². The van der Waals surface area contributed by atoms with E-state index in [9.17, 15) is 8.42 Å². The van der Waals surface area contributed by atoms with E-state index in [0.29, 0.717) is 11.4 Å². The molecular formula is C18H24N2O3S. The van der Waals surface area contributed by atoms with Crippen molar-refractivity contribution in [1.29, 1.82) is 0 Å². The quantitative estimate of drug-likeness (QED) is 0.830. The van der Waals surface area contributed by atoms with E-state index < -0.39 is 10.0 Å². The summed E-state index contributed by atoms with van der Waals surface area (Å²) in [6, 6.07) is 12.2. The molecule has 0 aliphatic carbocycles. The van der Waals surface area contributed by atoms with Crippen LogP contribution < -0.4 is 14.4 Å². The Hall–Kier alpha value is -2.21. The van der Waals surface area contributed by atoms with Gasteiger partial charge in [0.05, 0.1) is 12.0 Å². The zero-order valence-electron chi connectivity index (χ0n) is 14.5. The SMILES string of the molecule is CCN(CC)c1ccc(NS(=O)(=O)c2ccc(OC)c(C)c2)cc1. The molecule has 0 saturated heterocycles. The fourth-order valence-corrected chi connectivity index (χ4v) is 3.70. The van der Waals surface area contributed by atoms with Gasteiger partial charge < -0.3 is 9.64 Å². The maximum Gasteiger partial charge on any atom is 0.261 e. The smallest absolute Gasteiger partial charge is 0.261 e. The summed E-state index contributed by atoms with van der Waals surface area (Å²) in [6.07, 6.45) is 0. The van der Waals surface area contributed by atoms with Crippen LogP contribution in [-0.4, -0.2) is 28.6 Å². The number of sulfonamides is 1. The number of aryl methyl sites for hydroxylation is 1. The second-order valence-corrected chi connectivity index (χ2v) is 7.14. The van der Waals surface area contributed by atoms with Gasteiger partial charge in [0, 0.05) is 24.5 Å². The largest absolute Gasteiger partial charge is 0.496 e. The van der Waals surface area contributed by atoms with Gasteiger partial charge in [-0.1, -0.05) is 0 Å². The summed E-state index contributed by atoms with van der Waals surface area (Å²) in [5.41, 5.74) is 2.39. The van der Waals surface area contributed by atoms with E-state index in [1.807, 2.05) is 19.1 Å². The van der Waals surface area contributed by atoms with Crippen LogP contribution in [0.5, 0.6) is 5.75 Å². The second-order valence-electron chi connectivity index (χ2n) is 5.46. The predicted molar refractivity (Wildman–Crippen MR) is 98.5 cm³/mol. The first-order valence-electron chi connectivity index (χ1n) is 7.93. The molecule has 1 N–H and O–H groups in total. The molecule has 0 saturated carbocycles. The van der Waals surface area contributed by atoms with Crippen LogP contribution in [0, 0.1) is 6.92 Å². The summed E-state index contributed by atoms with van der Waals surface area (Å²) in [5.74, 6) is 0.664. The van der Waals surface area contributed by atoms with Gasteiger partial charge in [0.1, 0.15) is 5.75 Å². The molecule has 0 atom stereocenters. The molecule has 2 aromatic carbocycles. The maximum absolute atomic E-state index is 12.5. The first kappa shape index (κ1) is 18.1. The first-order chi connectivity index (χ1) is 11.4. The minimum absolute atomic E-state index is 0.216. The molecule has 5 nitrogen and oxygen atoms in total. The summed E-state index contributed by atoms with van der Waals surface area (Å²) in [6.45, 7) is 7.81. The Morgan fingerprint density at radius 3 is 2.17 bits per heavy atom. The summed E-state index contributed by atoms with van der Waals surface area (Å²) >= 11 is 0. The Kier molecular flexibility index (Phi) is 5.72. The Balaban J connectivity index is 2.21. The molecular weight excluding hydrogens is 324 g/mol. The summed E-state index contributed by atoms with van der Waals surface area (Å²) in [7, 11) is -2.06. The van der Waals surface area contributed by atoms with Crippen molar-refractivity contribution in [3.8, 4) is 5.75 Å². The van der Waals surface area contributed by atoms with Crippen molar-refractivity contribution in [1.82, 2.24) is 0 Å². The van der Waals surface area contributed by atoms with E-state index in [2.05, 4.69) is 23.5 Å². The number of nitrogens with one attached hydrogen (secondary N) is 1. The third-order valence-electron chi connectivity index (χ3n) is 3.92. The normalized spacial score (nSPS) is 11.2. The molecule has 0 unspecified atom stereocenters. The average Bonchev–Trinajstić information content (AvgIpc) is 2.57.